The largest absolute Gasteiger partial charge is 0.383 e. The van der Waals surface area contributed by atoms with E-state index in [1.807, 2.05) is 6.07 Å². The quantitative estimate of drug-likeness (QED) is 0.574. The van der Waals surface area contributed by atoms with Gasteiger partial charge in [-0.3, -0.25) is 4.79 Å². The zero-order valence-corrected chi connectivity index (χ0v) is 13.7. The molecule has 1 amide bonds. The summed E-state index contributed by atoms with van der Waals surface area (Å²) in [6.07, 6.45) is 0. The molecule has 0 spiro atoms. The average molecular weight is 432 g/mol. The van der Waals surface area contributed by atoms with Crippen molar-refractivity contribution in [2.75, 3.05) is 19.0 Å². The topological polar surface area (TPSA) is 38.3 Å². The summed E-state index contributed by atoms with van der Waals surface area (Å²) in [6.45, 7) is 0.466. The van der Waals surface area contributed by atoms with Crippen molar-refractivity contribution in [3.63, 3.8) is 0 Å². The van der Waals surface area contributed by atoms with Crippen molar-refractivity contribution in [1.82, 2.24) is 5.32 Å². The van der Waals surface area contributed by atoms with E-state index in [1.54, 1.807) is 19.2 Å². The molecule has 0 radical (unpaired) electrons. The standard InChI is InChI=1S/C11H12BrClINO2/c1-17-6-8(5-12)15-11(16)9-4-7(13)2-3-10(9)14/h2-4,8H,5-6H2,1H3,(H,15,16). The van der Waals surface area contributed by atoms with Gasteiger partial charge in [0.1, 0.15) is 0 Å². The molecule has 0 saturated heterocycles. The fourth-order valence-corrected chi connectivity index (χ4v) is 2.36. The molecule has 1 rings (SSSR count). The summed E-state index contributed by atoms with van der Waals surface area (Å²) in [6, 6.07) is 5.19. The summed E-state index contributed by atoms with van der Waals surface area (Å²) in [7, 11) is 1.60. The van der Waals surface area contributed by atoms with Gasteiger partial charge in [0.15, 0.2) is 0 Å². The van der Waals surface area contributed by atoms with E-state index >= 15 is 0 Å². The van der Waals surface area contributed by atoms with Crippen molar-refractivity contribution >= 4 is 56.0 Å². The molecule has 0 aliphatic heterocycles. The zero-order chi connectivity index (χ0) is 12.8. The minimum Gasteiger partial charge on any atom is -0.383 e. The van der Waals surface area contributed by atoms with Crippen LogP contribution in [0.25, 0.3) is 0 Å². The summed E-state index contributed by atoms with van der Waals surface area (Å²) >= 11 is 11.3. The lowest BCUT2D eigenvalue weighted by Gasteiger charge is -2.15. The van der Waals surface area contributed by atoms with Crippen LogP contribution < -0.4 is 5.32 Å². The minimum absolute atomic E-state index is 0.0534. The molecule has 6 heteroatoms. The van der Waals surface area contributed by atoms with E-state index in [1.165, 1.54) is 0 Å². The van der Waals surface area contributed by atoms with Gasteiger partial charge in [0.2, 0.25) is 0 Å². The van der Waals surface area contributed by atoms with Crippen LogP contribution in [-0.4, -0.2) is 31.0 Å². The lowest BCUT2D eigenvalue weighted by Crippen LogP contribution is -2.39. The molecule has 0 aliphatic rings. The van der Waals surface area contributed by atoms with Gasteiger partial charge in [-0.1, -0.05) is 27.5 Å². The number of hydrogen-bond donors (Lipinski definition) is 1. The van der Waals surface area contributed by atoms with Gasteiger partial charge in [-0.25, -0.2) is 0 Å². The first-order valence-corrected chi connectivity index (χ1v) is 7.47. The summed E-state index contributed by atoms with van der Waals surface area (Å²) < 4.78 is 5.88. The smallest absolute Gasteiger partial charge is 0.252 e. The normalized spacial score (nSPS) is 12.2. The Morgan fingerprint density at radius 3 is 2.94 bits per heavy atom. The van der Waals surface area contributed by atoms with Gasteiger partial charge < -0.3 is 10.1 Å². The third-order valence-electron chi connectivity index (χ3n) is 2.06. The third kappa shape index (κ3) is 4.73. The van der Waals surface area contributed by atoms with E-state index in [-0.39, 0.29) is 11.9 Å². The van der Waals surface area contributed by atoms with Gasteiger partial charge in [0.25, 0.3) is 5.91 Å². The van der Waals surface area contributed by atoms with Gasteiger partial charge in [-0.15, -0.1) is 0 Å². The van der Waals surface area contributed by atoms with Crippen LogP contribution in [0.4, 0.5) is 0 Å². The molecule has 1 aromatic carbocycles. The fourth-order valence-electron chi connectivity index (χ4n) is 1.26. The molecule has 0 heterocycles. The van der Waals surface area contributed by atoms with Crippen LogP contribution in [-0.2, 0) is 4.74 Å². The molecule has 94 valence electrons. The predicted octanol–water partition coefficient (Wildman–Crippen LogP) is 3.08. The monoisotopic (exact) mass is 431 g/mol. The number of hydrogen-bond acceptors (Lipinski definition) is 2. The first-order valence-electron chi connectivity index (χ1n) is 4.89. The van der Waals surface area contributed by atoms with Crippen LogP contribution in [0.3, 0.4) is 0 Å². The molecule has 0 bridgehead atoms. The molecular formula is C11H12BrClINO2. The second-order valence-electron chi connectivity index (χ2n) is 3.40. The predicted molar refractivity (Wildman–Crippen MR) is 81.1 cm³/mol. The molecule has 3 nitrogen and oxygen atoms in total. The lowest BCUT2D eigenvalue weighted by atomic mass is 10.2. The number of alkyl halides is 1. The van der Waals surface area contributed by atoms with Crippen LogP contribution >= 0.6 is 50.1 Å². The maximum Gasteiger partial charge on any atom is 0.252 e. The van der Waals surface area contributed by atoms with E-state index in [0.29, 0.717) is 22.5 Å². The van der Waals surface area contributed by atoms with E-state index in [2.05, 4.69) is 43.8 Å². The number of amides is 1. The Balaban J connectivity index is 2.78. The highest BCUT2D eigenvalue weighted by Crippen LogP contribution is 2.18. The van der Waals surface area contributed by atoms with Gasteiger partial charge in [-0.05, 0) is 40.8 Å². The number of rotatable bonds is 5. The molecule has 1 atom stereocenters. The molecule has 1 aromatic rings. The van der Waals surface area contributed by atoms with E-state index in [9.17, 15) is 4.79 Å². The molecule has 0 fully saturated rings. The van der Waals surface area contributed by atoms with Crippen LogP contribution in [0.2, 0.25) is 5.02 Å². The van der Waals surface area contributed by atoms with Crippen molar-refractivity contribution in [3.8, 4) is 0 Å². The lowest BCUT2D eigenvalue weighted by molar-refractivity contribution is 0.0907. The van der Waals surface area contributed by atoms with Crippen molar-refractivity contribution in [2.45, 2.75) is 6.04 Å². The Morgan fingerprint density at radius 2 is 2.35 bits per heavy atom. The second-order valence-corrected chi connectivity index (χ2v) is 5.65. The Labute approximate surface area is 128 Å². The number of carbonyl (C=O) groups excluding carboxylic acids is 1. The van der Waals surface area contributed by atoms with Crippen molar-refractivity contribution in [1.29, 1.82) is 0 Å². The Kier molecular flexibility index (Phi) is 6.76. The Morgan fingerprint density at radius 1 is 1.65 bits per heavy atom. The van der Waals surface area contributed by atoms with Gasteiger partial charge in [0, 0.05) is 21.0 Å². The number of ether oxygens (including phenoxy) is 1. The summed E-state index contributed by atoms with van der Waals surface area (Å²) in [5.41, 5.74) is 0.583. The summed E-state index contributed by atoms with van der Waals surface area (Å²) in [5.74, 6) is -0.140. The number of nitrogens with one attached hydrogen (secondary N) is 1. The molecular weight excluding hydrogens is 420 g/mol. The van der Waals surface area contributed by atoms with Crippen molar-refractivity contribution in [3.05, 3.63) is 32.4 Å². The number of halogens is 3. The van der Waals surface area contributed by atoms with Gasteiger partial charge >= 0.3 is 0 Å². The minimum atomic E-state index is -0.140. The highest BCUT2D eigenvalue weighted by atomic mass is 127. The maximum atomic E-state index is 12.0. The van der Waals surface area contributed by atoms with Crippen LogP contribution in [0, 0.1) is 3.57 Å². The molecule has 0 saturated carbocycles. The Bertz CT molecular complexity index is 403. The third-order valence-corrected chi connectivity index (χ3v) is 4.02. The SMILES string of the molecule is COCC(CBr)NC(=O)c1cc(Cl)ccc1I. The molecule has 0 aromatic heterocycles. The van der Waals surface area contributed by atoms with Gasteiger partial charge in [0.05, 0.1) is 18.2 Å². The fraction of sp³-hybridized carbons (Fsp3) is 0.364. The van der Waals surface area contributed by atoms with E-state index in [4.69, 9.17) is 16.3 Å². The van der Waals surface area contributed by atoms with Crippen LogP contribution in [0.1, 0.15) is 10.4 Å². The second kappa shape index (κ2) is 7.56. The molecule has 1 unspecified atom stereocenters. The van der Waals surface area contributed by atoms with Crippen molar-refractivity contribution < 1.29 is 9.53 Å². The van der Waals surface area contributed by atoms with Crippen LogP contribution in [0.5, 0.6) is 0 Å². The summed E-state index contributed by atoms with van der Waals surface area (Å²) in [4.78, 5) is 12.0. The van der Waals surface area contributed by atoms with Gasteiger partial charge in [-0.2, -0.15) is 0 Å². The number of methoxy groups -OCH3 is 1. The maximum absolute atomic E-state index is 12.0. The molecule has 0 aliphatic carbocycles. The van der Waals surface area contributed by atoms with E-state index < -0.39 is 0 Å². The highest BCUT2D eigenvalue weighted by molar-refractivity contribution is 14.1. The summed E-state index contributed by atoms with van der Waals surface area (Å²) in [5, 5.41) is 4.07. The first kappa shape index (κ1) is 15.2. The number of carbonyl (C=O) groups is 1. The molecule has 1 N–H and O–H groups in total. The molecule has 17 heavy (non-hydrogen) atoms. The Hall–Kier alpha value is 0.150. The average Bonchev–Trinajstić information content (AvgIpc) is 2.31. The first-order chi connectivity index (χ1) is 8.08. The van der Waals surface area contributed by atoms with E-state index in [0.717, 1.165) is 3.57 Å². The number of benzene rings is 1. The highest BCUT2D eigenvalue weighted by Gasteiger charge is 2.15. The van der Waals surface area contributed by atoms with Crippen molar-refractivity contribution in [2.24, 2.45) is 0 Å². The zero-order valence-electron chi connectivity index (χ0n) is 9.17. The van der Waals surface area contributed by atoms with Crippen LogP contribution in [0.15, 0.2) is 18.2 Å².